The number of carbonyl (C=O) groups is 4. The third-order valence-corrected chi connectivity index (χ3v) is 11.6. The van der Waals surface area contributed by atoms with E-state index in [2.05, 4.69) is 0 Å². The minimum absolute atomic E-state index is 0.118. The Balaban J connectivity index is 1.59. The Hall–Kier alpha value is -3.00. The highest BCUT2D eigenvalue weighted by molar-refractivity contribution is 6.66. The van der Waals surface area contributed by atoms with Gasteiger partial charge in [-0.25, -0.2) is 5.01 Å². The minimum atomic E-state index is -2.26. The molecule has 0 N–H and O–H groups in total. The number of allylic oxidation sites excluding steroid dienone is 2. The van der Waals surface area contributed by atoms with E-state index in [-0.39, 0.29) is 26.9 Å². The number of Topliss-reactive ketones (excluding diaryl/α,β-unsaturated/α-hetero) is 1. The van der Waals surface area contributed by atoms with Gasteiger partial charge in [0.05, 0.1) is 31.7 Å². The Morgan fingerprint density at radius 2 is 1.31 bits per heavy atom. The van der Waals surface area contributed by atoms with Gasteiger partial charge in [-0.1, -0.05) is 52.5 Å². The number of imide groups is 1. The average Bonchev–Trinajstić information content (AvgIpc) is 3.34. The molecular formula is C24H12Cl6N4O8. The molecule has 18 heteroatoms. The normalized spacial score (nSPS) is 27.3. The fraction of sp³-hybridized carbons (Fsp3) is 0.250. The average molecular weight is 697 g/mol. The van der Waals surface area contributed by atoms with Crippen LogP contribution in [0.1, 0.15) is 20.7 Å². The third kappa shape index (κ3) is 3.89. The molecule has 2 aromatic rings. The molecule has 2 fully saturated rings. The highest BCUT2D eigenvalue weighted by atomic mass is 35.5. The van der Waals surface area contributed by atoms with E-state index in [4.69, 9.17) is 69.6 Å². The number of alkyl halides is 4. The van der Waals surface area contributed by atoms with Crippen LogP contribution in [0.15, 0.2) is 58.6 Å². The van der Waals surface area contributed by atoms with Gasteiger partial charge in [-0.15, -0.1) is 23.2 Å². The van der Waals surface area contributed by atoms with Gasteiger partial charge in [0.2, 0.25) is 0 Å². The third-order valence-electron chi connectivity index (χ3n) is 7.36. The lowest BCUT2D eigenvalue weighted by Crippen LogP contribution is -2.56. The summed E-state index contributed by atoms with van der Waals surface area (Å²) >= 11 is 39.1. The number of ketones is 1. The van der Waals surface area contributed by atoms with E-state index in [1.165, 1.54) is 6.07 Å². The zero-order chi connectivity index (χ0) is 31.1. The van der Waals surface area contributed by atoms with Crippen molar-refractivity contribution in [3.8, 4) is 0 Å². The number of hydrazine groups is 1. The molecule has 218 valence electrons. The topological polar surface area (TPSA) is 161 Å². The lowest BCUT2D eigenvalue weighted by molar-refractivity contribution is -0.385. The van der Waals surface area contributed by atoms with Crippen LogP contribution in [-0.2, 0) is 9.59 Å². The van der Waals surface area contributed by atoms with Crippen LogP contribution >= 0.6 is 69.6 Å². The number of amides is 3. The molecule has 2 bridgehead atoms. The van der Waals surface area contributed by atoms with Crippen LogP contribution in [0.4, 0.5) is 11.4 Å². The van der Waals surface area contributed by atoms with Gasteiger partial charge in [-0.2, -0.15) is 5.01 Å². The van der Waals surface area contributed by atoms with E-state index in [1.807, 2.05) is 0 Å². The van der Waals surface area contributed by atoms with Gasteiger partial charge in [0.15, 0.2) is 10.1 Å². The van der Waals surface area contributed by atoms with E-state index in [0.717, 1.165) is 42.5 Å². The maximum atomic E-state index is 13.9. The van der Waals surface area contributed by atoms with E-state index in [9.17, 15) is 39.4 Å². The molecule has 1 saturated heterocycles. The zero-order valence-electron chi connectivity index (χ0n) is 20.3. The van der Waals surface area contributed by atoms with Gasteiger partial charge < -0.3 is 0 Å². The van der Waals surface area contributed by atoms with Gasteiger partial charge >= 0.3 is 0 Å². The number of nitro benzene ring substituents is 2. The van der Waals surface area contributed by atoms with E-state index in [0.29, 0.717) is 10.0 Å². The summed E-state index contributed by atoms with van der Waals surface area (Å²) in [5.41, 5.74) is -1.29. The fourth-order valence-electron chi connectivity index (χ4n) is 5.35. The summed E-state index contributed by atoms with van der Waals surface area (Å²) in [7, 11) is 0. The first-order chi connectivity index (χ1) is 19.5. The van der Waals surface area contributed by atoms with Crippen molar-refractivity contribution < 1.29 is 29.0 Å². The van der Waals surface area contributed by atoms with E-state index in [1.54, 1.807) is 0 Å². The molecule has 0 aromatic heterocycles. The standard InChI is InChI=1S/C24H12Cl6N4O8/c25-17-18(26)23(28)16-15(22(17,27)24(23,29)30)20(37)32(21(16)38)31(19(36)11-2-1-3-13(8-11)34(41)42)9-14(35)10-4-6-12(7-5-10)33(39)40/h1-8,15-16H,9H2/t15-,16+,22-,23-/m1/s1. The number of halogens is 6. The highest BCUT2D eigenvalue weighted by Crippen LogP contribution is 2.77. The summed E-state index contributed by atoms with van der Waals surface area (Å²) in [6.07, 6.45) is 0. The number of fused-ring (bicyclic) bond motifs is 5. The molecule has 2 aliphatic carbocycles. The van der Waals surface area contributed by atoms with Gasteiger partial charge in [0, 0.05) is 35.4 Å². The summed E-state index contributed by atoms with van der Waals surface area (Å²) in [5.74, 6) is -7.59. The maximum absolute atomic E-state index is 13.9. The van der Waals surface area contributed by atoms with Crippen molar-refractivity contribution in [2.45, 2.75) is 14.1 Å². The Morgan fingerprint density at radius 3 is 1.79 bits per heavy atom. The number of nitro groups is 2. The van der Waals surface area contributed by atoms with Gasteiger partial charge in [0.25, 0.3) is 29.1 Å². The van der Waals surface area contributed by atoms with Crippen LogP contribution in [0.25, 0.3) is 0 Å². The lowest BCUT2D eigenvalue weighted by atomic mass is 9.84. The van der Waals surface area contributed by atoms with Crippen molar-refractivity contribution in [3.05, 3.63) is 90.0 Å². The monoisotopic (exact) mass is 694 g/mol. The molecule has 2 aromatic carbocycles. The molecule has 3 amide bonds. The van der Waals surface area contributed by atoms with Crippen molar-refractivity contribution >= 4 is 104 Å². The Bertz CT molecular complexity index is 1620. The molecule has 0 radical (unpaired) electrons. The first-order valence-corrected chi connectivity index (χ1v) is 13.8. The van der Waals surface area contributed by atoms with Crippen molar-refractivity contribution in [3.63, 3.8) is 0 Å². The fourth-order valence-corrected chi connectivity index (χ4v) is 8.28. The number of non-ortho nitro benzene ring substituents is 2. The van der Waals surface area contributed by atoms with Crippen molar-refractivity contribution in [2.24, 2.45) is 11.8 Å². The van der Waals surface area contributed by atoms with Gasteiger partial charge in [-0.3, -0.25) is 39.4 Å². The summed E-state index contributed by atoms with van der Waals surface area (Å²) in [4.78, 5) is 71.3. The Labute approximate surface area is 264 Å². The molecule has 3 aliphatic rings. The number of benzene rings is 2. The number of carbonyl (C=O) groups excluding carboxylic acids is 4. The second-order valence-electron chi connectivity index (χ2n) is 9.47. The maximum Gasteiger partial charge on any atom is 0.273 e. The molecule has 0 unspecified atom stereocenters. The smallest absolute Gasteiger partial charge is 0.273 e. The molecule has 1 aliphatic heterocycles. The van der Waals surface area contributed by atoms with Crippen LogP contribution in [0.5, 0.6) is 0 Å². The first-order valence-electron chi connectivity index (χ1n) is 11.5. The predicted molar refractivity (Wildman–Crippen MR) is 151 cm³/mol. The number of nitrogens with zero attached hydrogens (tertiary/aromatic N) is 4. The molecule has 5 rings (SSSR count). The number of hydrogen-bond donors (Lipinski definition) is 0. The van der Waals surface area contributed by atoms with E-state index >= 15 is 0 Å². The van der Waals surface area contributed by atoms with Crippen molar-refractivity contribution in [2.75, 3.05) is 6.54 Å². The largest absolute Gasteiger partial charge is 0.292 e. The first kappa shape index (κ1) is 30.5. The summed E-state index contributed by atoms with van der Waals surface area (Å²) in [5, 5.41) is 22.4. The quantitative estimate of drug-likeness (QED) is 0.126. The van der Waals surface area contributed by atoms with Crippen LogP contribution in [0.3, 0.4) is 0 Å². The summed E-state index contributed by atoms with van der Waals surface area (Å²) < 4.78 is -2.26. The minimum Gasteiger partial charge on any atom is -0.292 e. The molecule has 4 atom stereocenters. The Kier molecular flexibility index (Phi) is 7.28. The molecule has 0 spiro atoms. The summed E-state index contributed by atoms with van der Waals surface area (Å²) in [6.45, 7) is -0.970. The molecule has 42 heavy (non-hydrogen) atoms. The van der Waals surface area contributed by atoms with Crippen LogP contribution in [-0.4, -0.2) is 64.0 Å². The second-order valence-corrected chi connectivity index (χ2v) is 12.7. The number of rotatable bonds is 7. The Morgan fingerprint density at radius 1 is 0.810 bits per heavy atom. The van der Waals surface area contributed by atoms with Crippen LogP contribution in [0, 0.1) is 32.1 Å². The highest BCUT2D eigenvalue weighted by Gasteiger charge is 2.88. The molecule has 12 nitrogen and oxygen atoms in total. The van der Waals surface area contributed by atoms with Gasteiger partial charge in [0.1, 0.15) is 16.3 Å². The molecular weight excluding hydrogens is 685 g/mol. The molecule has 1 heterocycles. The number of hydrogen-bond acceptors (Lipinski definition) is 8. The summed E-state index contributed by atoms with van der Waals surface area (Å²) in [6, 6.07) is 8.63. The van der Waals surface area contributed by atoms with Crippen molar-refractivity contribution in [1.82, 2.24) is 10.0 Å². The zero-order valence-corrected chi connectivity index (χ0v) is 24.8. The van der Waals surface area contributed by atoms with Gasteiger partial charge in [-0.05, 0) is 18.2 Å². The second kappa shape index (κ2) is 10.0. The van der Waals surface area contributed by atoms with Crippen LogP contribution < -0.4 is 0 Å². The molecule has 1 saturated carbocycles. The SMILES string of the molecule is O=C(CN(C(=O)c1cccc([N+](=O)[O-])c1)N1C(=O)[C@@H]2[C@H](C1=O)[C@@]1(Cl)C(Cl)=C(Cl)[C@@]2(Cl)C1(Cl)Cl)c1ccc([N+](=O)[O-])cc1. The predicted octanol–water partition coefficient (Wildman–Crippen LogP) is 5.19. The lowest BCUT2D eigenvalue weighted by Gasteiger charge is -2.36. The van der Waals surface area contributed by atoms with E-state index < -0.39 is 71.5 Å². The van der Waals surface area contributed by atoms with Crippen molar-refractivity contribution in [1.29, 1.82) is 0 Å². The van der Waals surface area contributed by atoms with Crippen LogP contribution in [0.2, 0.25) is 0 Å².